The SMILES string of the molecule is Cc1cncncsc(C(=O)NCC2CCNCC2)n1. The van der Waals surface area contributed by atoms with E-state index in [1.165, 1.54) is 17.7 Å². The van der Waals surface area contributed by atoms with Crippen LogP contribution in [0.2, 0.25) is 0 Å². The highest BCUT2D eigenvalue weighted by atomic mass is 32.1. The molecule has 2 rings (SSSR count). The van der Waals surface area contributed by atoms with Crippen molar-refractivity contribution in [2.75, 3.05) is 19.6 Å². The van der Waals surface area contributed by atoms with Gasteiger partial charge in [-0.25, -0.2) is 15.0 Å². The summed E-state index contributed by atoms with van der Waals surface area (Å²) < 4.78 is 0. The van der Waals surface area contributed by atoms with Crippen LogP contribution in [0.25, 0.3) is 0 Å². The first-order chi connectivity index (χ1) is 9.75. The van der Waals surface area contributed by atoms with Crippen molar-refractivity contribution < 1.29 is 4.79 Å². The number of hydrogen-bond acceptors (Lipinski definition) is 6. The van der Waals surface area contributed by atoms with E-state index >= 15 is 0 Å². The van der Waals surface area contributed by atoms with Crippen LogP contribution in [0.15, 0.2) is 18.0 Å². The van der Waals surface area contributed by atoms with E-state index in [2.05, 4.69) is 25.6 Å². The first-order valence-electron chi connectivity index (χ1n) is 6.70. The Labute approximate surface area is 122 Å². The van der Waals surface area contributed by atoms with Crippen molar-refractivity contribution in [2.45, 2.75) is 19.8 Å². The van der Waals surface area contributed by atoms with E-state index in [9.17, 15) is 4.79 Å². The number of carbonyl (C=O) groups excluding carboxylic acids is 1. The van der Waals surface area contributed by atoms with Gasteiger partial charge in [0, 0.05) is 12.7 Å². The first-order valence-corrected chi connectivity index (χ1v) is 7.58. The molecule has 7 heteroatoms. The van der Waals surface area contributed by atoms with Crippen LogP contribution in [0.1, 0.15) is 28.3 Å². The summed E-state index contributed by atoms with van der Waals surface area (Å²) >= 11 is 1.21. The van der Waals surface area contributed by atoms with Crippen LogP contribution in [0.3, 0.4) is 0 Å². The van der Waals surface area contributed by atoms with E-state index in [1.54, 1.807) is 11.7 Å². The fourth-order valence-electron chi connectivity index (χ4n) is 2.01. The molecule has 20 heavy (non-hydrogen) atoms. The maximum Gasteiger partial charge on any atom is 0.280 e. The topological polar surface area (TPSA) is 79.8 Å². The summed E-state index contributed by atoms with van der Waals surface area (Å²) in [5, 5.41) is 6.68. The maximum absolute atomic E-state index is 12.2. The zero-order valence-electron chi connectivity index (χ0n) is 11.5. The number of rotatable bonds is 3. The molecule has 1 aliphatic heterocycles. The zero-order chi connectivity index (χ0) is 14.2. The third-order valence-electron chi connectivity index (χ3n) is 3.10. The lowest BCUT2D eigenvalue weighted by Gasteiger charge is -2.22. The molecule has 108 valence electrons. The van der Waals surface area contributed by atoms with Crippen molar-refractivity contribution in [3.05, 3.63) is 28.7 Å². The molecule has 0 radical (unpaired) electrons. The molecule has 2 N–H and O–H groups in total. The zero-order valence-corrected chi connectivity index (χ0v) is 12.3. The minimum atomic E-state index is -0.144. The maximum atomic E-state index is 12.2. The normalized spacial score (nSPS) is 15.4. The second-order valence-corrected chi connectivity index (χ2v) is 5.56. The molecule has 1 fully saturated rings. The molecule has 0 atom stereocenters. The van der Waals surface area contributed by atoms with Crippen molar-refractivity contribution in [1.29, 1.82) is 0 Å². The summed E-state index contributed by atoms with van der Waals surface area (Å²) in [5.74, 6) is 0.408. The highest BCUT2D eigenvalue weighted by molar-refractivity contribution is 7.11. The number of nitrogens with one attached hydrogen (secondary N) is 2. The van der Waals surface area contributed by atoms with E-state index in [4.69, 9.17) is 0 Å². The number of piperidine rings is 1. The van der Waals surface area contributed by atoms with Crippen molar-refractivity contribution in [3.8, 4) is 0 Å². The van der Waals surface area contributed by atoms with Gasteiger partial charge in [0.05, 0.1) is 11.2 Å². The number of aromatic nitrogens is 3. The lowest BCUT2D eigenvalue weighted by Crippen LogP contribution is -2.36. The predicted molar refractivity (Wildman–Crippen MR) is 78.0 cm³/mol. The number of nitrogens with zero attached hydrogens (tertiary/aromatic N) is 3. The third-order valence-corrected chi connectivity index (χ3v) is 3.83. The van der Waals surface area contributed by atoms with Gasteiger partial charge in [0.2, 0.25) is 0 Å². The van der Waals surface area contributed by atoms with Crippen molar-refractivity contribution in [3.63, 3.8) is 0 Å². The number of hydrogen-bond donors (Lipinski definition) is 2. The Balaban J connectivity index is 2.01. The fourth-order valence-corrected chi connectivity index (χ4v) is 2.60. The summed E-state index contributed by atoms with van der Waals surface area (Å²) in [7, 11) is 0. The smallest absolute Gasteiger partial charge is 0.280 e. The van der Waals surface area contributed by atoms with Gasteiger partial charge in [0.25, 0.3) is 5.91 Å². The van der Waals surface area contributed by atoms with Gasteiger partial charge in [-0.15, -0.1) is 0 Å². The Kier molecular flexibility index (Phi) is 5.82. The van der Waals surface area contributed by atoms with E-state index in [0.717, 1.165) is 25.9 Å². The van der Waals surface area contributed by atoms with Crippen LogP contribution in [0.5, 0.6) is 0 Å². The van der Waals surface area contributed by atoms with Crippen LogP contribution < -0.4 is 10.6 Å². The van der Waals surface area contributed by atoms with Gasteiger partial charge in [0.1, 0.15) is 6.33 Å². The quantitative estimate of drug-likeness (QED) is 0.872. The van der Waals surface area contributed by atoms with Gasteiger partial charge < -0.3 is 10.6 Å². The van der Waals surface area contributed by atoms with Crippen LogP contribution >= 0.6 is 11.3 Å². The molecule has 1 aromatic heterocycles. The molecule has 1 amide bonds. The Morgan fingerprint density at radius 3 is 3.05 bits per heavy atom. The van der Waals surface area contributed by atoms with Gasteiger partial charge >= 0.3 is 0 Å². The van der Waals surface area contributed by atoms with Crippen molar-refractivity contribution in [1.82, 2.24) is 25.6 Å². The van der Waals surface area contributed by atoms with Crippen LogP contribution in [0, 0.1) is 12.8 Å². The van der Waals surface area contributed by atoms with E-state index in [-0.39, 0.29) is 5.91 Å². The number of carbonyl (C=O) groups is 1. The summed E-state index contributed by atoms with van der Waals surface area (Å²) in [6.45, 7) is 4.57. The van der Waals surface area contributed by atoms with Crippen LogP contribution in [0.4, 0.5) is 0 Å². The monoisotopic (exact) mass is 293 g/mol. The van der Waals surface area contributed by atoms with Gasteiger partial charge in [-0.05, 0) is 38.8 Å². The summed E-state index contributed by atoms with van der Waals surface area (Å²) in [4.78, 5) is 24.3. The molecule has 0 saturated carbocycles. The van der Waals surface area contributed by atoms with Gasteiger partial charge in [-0.1, -0.05) is 11.3 Å². The van der Waals surface area contributed by atoms with Crippen molar-refractivity contribution >= 4 is 17.2 Å². The molecular weight excluding hydrogens is 274 g/mol. The minimum Gasteiger partial charge on any atom is -0.350 e. The molecule has 1 saturated heterocycles. The van der Waals surface area contributed by atoms with Gasteiger partial charge in [-0.3, -0.25) is 4.79 Å². The molecule has 6 nitrogen and oxygen atoms in total. The Hall–Kier alpha value is -1.60. The average molecular weight is 293 g/mol. The molecule has 0 aliphatic carbocycles. The Morgan fingerprint density at radius 1 is 1.45 bits per heavy atom. The second kappa shape index (κ2) is 7.86. The molecule has 2 heterocycles. The third kappa shape index (κ3) is 4.82. The first kappa shape index (κ1) is 14.8. The number of amides is 1. The summed E-state index contributed by atoms with van der Waals surface area (Å²) in [5.41, 5.74) is 2.25. The minimum absolute atomic E-state index is 0.144. The van der Waals surface area contributed by atoms with Gasteiger partial charge in [0.15, 0.2) is 5.01 Å². The van der Waals surface area contributed by atoms with Gasteiger partial charge in [-0.2, -0.15) is 0 Å². The standard InChI is InChI=1S/C13H19N5OS/c1-10-6-15-8-16-9-20-13(18-10)12(19)17-7-11-2-4-14-5-3-11/h6,8-9,11,14H,2-5,7H2,1H3,(H,17,19). The average Bonchev–Trinajstić information content (AvgIpc) is 2.58. The van der Waals surface area contributed by atoms with Crippen LogP contribution in [-0.4, -0.2) is 40.5 Å². The van der Waals surface area contributed by atoms with E-state index < -0.39 is 0 Å². The second-order valence-electron chi connectivity index (χ2n) is 4.73. The van der Waals surface area contributed by atoms with Crippen LogP contribution in [-0.2, 0) is 0 Å². The highest BCUT2D eigenvalue weighted by Gasteiger charge is 2.15. The molecule has 1 aromatic rings. The molecule has 0 spiro atoms. The Bertz CT molecular complexity index is 497. The van der Waals surface area contributed by atoms with Crippen molar-refractivity contribution in [2.24, 2.45) is 5.92 Å². The molecular formula is C13H19N5OS. The predicted octanol–water partition coefficient (Wildman–Crippen LogP) is 1.10. The largest absolute Gasteiger partial charge is 0.350 e. The number of aryl methyl sites for hydroxylation is 1. The van der Waals surface area contributed by atoms with E-state index in [1.807, 2.05) is 6.92 Å². The lowest BCUT2D eigenvalue weighted by molar-refractivity contribution is 0.0943. The molecule has 0 bridgehead atoms. The molecule has 0 aromatic carbocycles. The highest BCUT2D eigenvalue weighted by Crippen LogP contribution is 2.10. The summed E-state index contributed by atoms with van der Waals surface area (Å²) in [6, 6.07) is 0. The van der Waals surface area contributed by atoms with E-state index in [0.29, 0.717) is 23.2 Å². The Morgan fingerprint density at radius 2 is 2.25 bits per heavy atom. The molecule has 0 unspecified atom stereocenters. The lowest BCUT2D eigenvalue weighted by atomic mass is 9.98. The summed E-state index contributed by atoms with van der Waals surface area (Å²) in [6.07, 6.45) is 5.23. The fraction of sp³-hybridized carbons (Fsp3) is 0.538. The molecule has 1 aliphatic rings.